The minimum Gasteiger partial charge on any atom is -0.315 e. The van der Waals surface area contributed by atoms with Crippen LogP contribution in [0.1, 0.15) is 39.0 Å². The summed E-state index contributed by atoms with van der Waals surface area (Å²) >= 11 is 0. The number of fused-ring (bicyclic) bond motifs is 1. The van der Waals surface area contributed by atoms with Crippen molar-refractivity contribution in [1.82, 2.24) is 14.7 Å². The van der Waals surface area contributed by atoms with Crippen molar-refractivity contribution in [1.29, 1.82) is 0 Å². The van der Waals surface area contributed by atoms with Crippen LogP contribution in [0.5, 0.6) is 0 Å². The largest absolute Gasteiger partial charge is 0.322 e. The topological polar surface area (TPSA) is 79.3 Å². The quantitative estimate of drug-likeness (QED) is 0.347. The molecular formula is C29H33N5O2. The van der Waals surface area contributed by atoms with E-state index in [0.29, 0.717) is 18.1 Å². The maximum Gasteiger partial charge on any atom is 0.322 e. The molecule has 36 heavy (non-hydrogen) atoms. The predicted molar refractivity (Wildman–Crippen MR) is 146 cm³/mol. The molecule has 0 saturated carbocycles. The van der Waals surface area contributed by atoms with E-state index in [1.54, 1.807) is 4.68 Å². The van der Waals surface area contributed by atoms with Gasteiger partial charge >= 0.3 is 6.03 Å². The monoisotopic (exact) mass is 483 g/mol. The summed E-state index contributed by atoms with van der Waals surface area (Å²) in [6.07, 6.45) is 0. The molecule has 0 unspecified atom stereocenters. The Morgan fingerprint density at radius 2 is 1.64 bits per heavy atom. The molecule has 0 fully saturated rings. The molecule has 4 rings (SSSR count). The minimum atomic E-state index is -0.327. The first-order valence-corrected chi connectivity index (χ1v) is 12.2. The number of urea groups is 1. The maximum absolute atomic E-state index is 13.1. The number of benzene rings is 3. The fourth-order valence-corrected chi connectivity index (χ4v) is 4.03. The van der Waals surface area contributed by atoms with Gasteiger partial charge in [0.1, 0.15) is 12.4 Å². The van der Waals surface area contributed by atoms with Crippen LogP contribution < -0.4 is 10.6 Å². The first kappa shape index (κ1) is 25.0. The number of nitrogens with zero attached hydrogens (tertiary/aromatic N) is 3. The van der Waals surface area contributed by atoms with Crippen LogP contribution in [0.4, 0.5) is 16.3 Å². The Bertz CT molecular complexity index is 1400. The van der Waals surface area contributed by atoms with E-state index in [2.05, 4.69) is 31.4 Å². The number of hydrogen-bond acceptors (Lipinski definition) is 3. The number of hydrogen-bond donors (Lipinski definition) is 2. The summed E-state index contributed by atoms with van der Waals surface area (Å²) in [6, 6.07) is 23.1. The molecular weight excluding hydrogens is 450 g/mol. The van der Waals surface area contributed by atoms with Gasteiger partial charge < -0.3 is 15.5 Å². The molecule has 3 amide bonds. The zero-order valence-electron chi connectivity index (χ0n) is 21.5. The fraction of sp³-hybridized carbons (Fsp3) is 0.276. The molecule has 0 bridgehead atoms. The van der Waals surface area contributed by atoms with Gasteiger partial charge in [-0.05, 0) is 36.9 Å². The van der Waals surface area contributed by atoms with Crippen LogP contribution in [0, 0.1) is 6.92 Å². The summed E-state index contributed by atoms with van der Waals surface area (Å²) in [5.41, 5.74) is 3.32. The summed E-state index contributed by atoms with van der Waals surface area (Å²) in [5.74, 6) is 0.282. The van der Waals surface area contributed by atoms with Gasteiger partial charge in [-0.25, -0.2) is 9.48 Å². The van der Waals surface area contributed by atoms with Crippen molar-refractivity contribution in [2.45, 2.75) is 40.0 Å². The lowest BCUT2D eigenvalue weighted by Crippen LogP contribution is -2.40. The molecule has 0 saturated heterocycles. The highest BCUT2D eigenvalue weighted by Gasteiger charge is 2.23. The first-order valence-electron chi connectivity index (χ1n) is 12.2. The maximum atomic E-state index is 13.1. The summed E-state index contributed by atoms with van der Waals surface area (Å²) in [7, 11) is 0. The van der Waals surface area contributed by atoms with Gasteiger partial charge in [0.2, 0.25) is 5.91 Å². The van der Waals surface area contributed by atoms with Gasteiger partial charge in [-0.2, -0.15) is 5.10 Å². The number of amides is 3. The molecule has 0 atom stereocenters. The van der Waals surface area contributed by atoms with Gasteiger partial charge in [0.05, 0.1) is 17.1 Å². The number of likely N-dealkylation sites (N-methyl/N-ethyl adjacent to an activating group) is 1. The Kier molecular flexibility index (Phi) is 7.10. The number of nitrogens with one attached hydrogen (secondary N) is 2. The third-order valence-electron chi connectivity index (χ3n) is 6.12. The zero-order valence-corrected chi connectivity index (χ0v) is 21.5. The Labute approximate surface area is 212 Å². The van der Waals surface area contributed by atoms with E-state index in [9.17, 15) is 9.59 Å². The molecule has 4 aromatic rings. The number of aryl methyl sites for hydroxylation is 1. The van der Waals surface area contributed by atoms with Crippen LogP contribution in [0.15, 0.2) is 72.8 Å². The lowest BCUT2D eigenvalue weighted by molar-refractivity contribution is -0.116. The molecule has 0 aliphatic heterocycles. The highest BCUT2D eigenvalue weighted by Crippen LogP contribution is 2.27. The van der Waals surface area contributed by atoms with Crippen LogP contribution in [0.3, 0.4) is 0 Å². The number of carbonyl (C=O) groups is 2. The van der Waals surface area contributed by atoms with Crippen molar-refractivity contribution in [3.05, 3.63) is 84.1 Å². The normalized spacial score (nSPS) is 11.4. The summed E-state index contributed by atoms with van der Waals surface area (Å²) in [4.78, 5) is 27.6. The van der Waals surface area contributed by atoms with E-state index in [1.165, 1.54) is 4.90 Å². The van der Waals surface area contributed by atoms with Crippen LogP contribution in [0.25, 0.3) is 16.5 Å². The van der Waals surface area contributed by atoms with Gasteiger partial charge in [-0.15, -0.1) is 0 Å². The lowest BCUT2D eigenvalue weighted by atomic mass is 9.92. The van der Waals surface area contributed by atoms with E-state index in [-0.39, 0.29) is 23.9 Å². The molecule has 1 aromatic heterocycles. The van der Waals surface area contributed by atoms with Crippen LogP contribution >= 0.6 is 0 Å². The fourth-order valence-electron chi connectivity index (χ4n) is 4.03. The lowest BCUT2D eigenvalue weighted by Gasteiger charge is -2.21. The molecule has 2 N–H and O–H groups in total. The standard InChI is InChI=1S/C29H33N5O2/c1-6-33(28(36)30-23-16-11-14-21-13-8-9-15-22(21)23)19-27(35)31-26-18-25(29(3,4)5)32-34(26)24-17-10-7-12-20(24)2/h7-18H,6,19H2,1-5H3,(H,30,36)(H,31,35). The molecule has 0 aliphatic carbocycles. The van der Waals surface area contributed by atoms with Crippen LogP contribution in [0.2, 0.25) is 0 Å². The molecule has 0 spiro atoms. The van der Waals surface area contributed by atoms with E-state index < -0.39 is 0 Å². The summed E-state index contributed by atoms with van der Waals surface area (Å²) in [6.45, 7) is 10.4. The van der Waals surface area contributed by atoms with Crippen molar-refractivity contribution in [3.63, 3.8) is 0 Å². The first-order chi connectivity index (χ1) is 17.2. The Hall–Kier alpha value is -4.13. The van der Waals surface area contributed by atoms with Crippen LogP contribution in [-0.2, 0) is 10.2 Å². The van der Waals surface area contributed by atoms with E-state index >= 15 is 0 Å². The predicted octanol–water partition coefficient (Wildman–Crippen LogP) is 6.12. The highest BCUT2D eigenvalue weighted by atomic mass is 16.2. The Morgan fingerprint density at radius 1 is 0.944 bits per heavy atom. The molecule has 186 valence electrons. The average Bonchev–Trinajstić information content (AvgIpc) is 3.27. The van der Waals surface area contributed by atoms with Crippen molar-refractivity contribution < 1.29 is 9.59 Å². The zero-order chi connectivity index (χ0) is 25.9. The van der Waals surface area contributed by atoms with Crippen molar-refractivity contribution in [2.75, 3.05) is 23.7 Å². The molecule has 3 aromatic carbocycles. The van der Waals surface area contributed by atoms with E-state index in [4.69, 9.17) is 5.10 Å². The number of anilines is 2. The third kappa shape index (κ3) is 5.40. The number of para-hydroxylation sites is 1. The highest BCUT2D eigenvalue weighted by molar-refractivity contribution is 6.03. The summed E-state index contributed by atoms with van der Waals surface area (Å²) < 4.78 is 1.76. The number of carbonyl (C=O) groups excluding carboxylic acids is 2. The van der Waals surface area contributed by atoms with Crippen LogP contribution in [-0.4, -0.2) is 39.7 Å². The molecule has 0 aliphatic rings. The average molecular weight is 484 g/mol. The second kappa shape index (κ2) is 10.2. The Balaban J connectivity index is 1.53. The molecule has 7 nitrogen and oxygen atoms in total. The second-order valence-electron chi connectivity index (χ2n) is 9.88. The van der Waals surface area contributed by atoms with E-state index in [0.717, 1.165) is 27.7 Å². The van der Waals surface area contributed by atoms with Gasteiger partial charge in [-0.1, -0.05) is 75.4 Å². The van der Waals surface area contributed by atoms with Gasteiger partial charge in [0, 0.05) is 23.4 Å². The molecule has 1 heterocycles. The number of aromatic nitrogens is 2. The smallest absolute Gasteiger partial charge is 0.315 e. The van der Waals surface area contributed by atoms with Crippen molar-refractivity contribution in [2.24, 2.45) is 0 Å². The SMILES string of the molecule is CCN(CC(=O)Nc1cc(C(C)(C)C)nn1-c1ccccc1C)C(=O)Nc1cccc2ccccc12. The van der Waals surface area contributed by atoms with Gasteiger partial charge in [-0.3, -0.25) is 4.79 Å². The Morgan fingerprint density at radius 3 is 2.36 bits per heavy atom. The van der Waals surface area contributed by atoms with Gasteiger partial charge in [0.25, 0.3) is 0 Å². The van der Waals surface area contributed by atoms with E-state index in [1.807, 2.05) is 86.6 Å². The minimum absolute atomic E-state index is 0.0864. The van der Waals surface area contributed by atoms with Gasteiger partial charge in [0.15, 0.2) is 0 Å². The second-order valence-corrected chi connectivity index (χ2v) is 9.88. The summed E-state index contributed by atoms with van der Waals surface area (Å²) in [5, 5.41) is 12.7. The number of rotatable bonds is 6. The van der Waals surface area contributed by atoms with Crippen molar-refractivity contribution in [3.8, 4) is 5.69 Å². The van der Waals surface area contributed by atoms with Crippen molar-refractivity contribution >= 4 is 34.2 Å². The molecule has 7 heteroatoms. The third-order valence-corrected chi connectivity index (χ3v) is 6.12. The molecule has 0 radical (unpaired) electrons.